The molecular weight excluding hydrogens is 287 g/mol. The van der Waals surface area contributed by atoms with Crippen LogP contribution in [0, 0.1) is 5.82 Å². The molecule has 22 heavy (non-hydrogen) atoms. The van der Waals surface area contributed by atoms with Gasteiger partial charge in [-0.05, 0) is 25.0 Å². The number of nitrogens with zero attached hydrogens (tertiary/aromatic N) is 3. The molecule has 1 saturated carbocycles. The van der Waals surface area contributed by atoms with E-state index in [0.29, 0.717) is 0 Å². The van der Waals surface area contributed by atoms with Crippen LogP contribution in [0.3, 0.4) is 0 Å². The van der Waals surface area contributed by atoms with Crippen molar-refractivity contribution in [3.63, 3.8) is 0 Å². The topological polar surface area (TPSA) is 80.0 Å². The van der Waals surface area contributed by atoms with Crippen molar-refractivity contribution in [2.24, 2.45) is 0 Å². The first-order valence-corrected chi connectivity index (χ1v) is 7.32. The smallest absolute Gasteiger partial charge is 0.274 e. The van der Waals surface area contributed by atoms with E-state index < -0.39 is 12.4 Å². The van der Waals surface area contributed by atoms with Gasteiger partial charge in [0.15, 0.2) is 11.5 Å². The summed E-state index contributed by atoms with van der Waals surface area (Å²) in [6, 6.07) is 6.14. The molecule has 0 radical (unpaired) electrons. The molecule has 1 aliphatic carbocycles. The molecule has 0 bridgehead atoms. The van der Waals surface area contributed by atoms with Crippen LogP contribution in [0.2, 0.25) is 0 Å². The third-order valence-corrected chi connectivity index (χ3v) is 3.81. The van der Waals surface area contributed by atoms with Crippen LogP contribution in [-0.4, -0.2) is 32.0 Å². The third-order valence-electron chi connectivity index (χ3n) is 3.81. The van der Waals surface area contributed by atoms with Gasteiger partial charge in [0.05, 0.1) is 6.61 Å². The van der Waals surface area contributed by atoms with Crippen LogP contribution in [0.4, 0.5) is 4.39 Å². The molecule has 7 heteroatoms. The maximum atomic E-state index is 13.8. The van der Waals surface area contributed by atoms with Crippen molar-refractivity contribution in [3.8, 4) is 5.69 Å². The van der Waals surface area contributed by atoms with Crippen molar-refractivity contribution in [1.82, 2.24) is 20.3 Å². The second-order valence-corrected chi connectivity index (χ2v) is 5.35. The number of carbonyl (C=O) groups is 1. The van der Waals surface area contributed by atoms with Crippen molar-refractivity contribution in [1.29, 1.82) is 0 Å². The number of aromatic nitrogens is 3. The van der Waals surface area contributed by atoms with E-state index in [1.807, 2.05) is 0 Å². The number of carbonyl (C=O) groups excluding carboxylic acids is 1. The number of para-hydroxylation sites is 1. The first-order chi connectivity index (χ1) is 10.7. The van der Waals surface area contributed by atoms with E-state index in [1.165, 1.54) is 12.1 Å². The molecule has 2 aromatic rings. The Morgan fingerprint density at radius 3 is 2.73 bits per heavy atom. The number of benzene rings is 1. The third kappa shape index (κ3) is 2.85. The van der Waals surface area contributed by atoms with Gasteiger partial charge in [-0.3, -0.25) is 4.79 Å². The fourth-order valence-electron chi connectivity index (χ4n) is 2.67. The van der Waals surface area contributed by atoms with Crippen LogP contribution in [-0.2, 0) is 6.61 Å². The van der Waals surface area contributed by atoms with Gasteiger partial charge >= 0.3 is 0 Å². The van der Waals surface area contributed by atoms with E-state index in [0.717, 1.165) is 30.5 Å². The Labute approximate surface area is 127 Å². The quantitative estimate of drug-likeness (QED) is 0.898. The van der Waals surface area contributed by atoms with E-state index in [9.17, 15) is 14.3 Å². The minimum Gasteiger partial charge on any atom is -0.390 e. The van der Waals surface area contributed by atoms with Gasteiger partial charge in [-0.2, -0.15) is 0 Å². The summed E-state index contributed by atoms with van der Waals surface area (Å²) in [5.41, 5.74) is 0.313. The molecule has 0 unspecified atom stereocenters. The van der Waals surface area contributed by atoms with Gasteiger partial charge in [0.25, 0.3) is 5.91 Å². The molecule has 0 saturated heterocycles. The average molecular weight is 304 g/mol. The zero-order valence-corrected chi connectivity index (χ0v) is 12.0. The first kappa shape index (κ1) is 14.6. The summed E-state index contributed by atoms with van der Waals surface area (Å²) >= 11 is 0. The van der Waals surface area contributed by atoms with Gasteiger partial charge in [-0.25, -0.2) is 4.39 Å². The normalized spacial score (nSPS) is 15.2. The Kier molecular flexibility index (Phi) is 4.15. The number of hydrogen-bond acceptors (Lipinski definition) is 4. The summed E-state index contributed by atoms with van der Waals surface area (Å²) in [6.45, 7) is -0.429. The molecule has 1 fully saturated rings. The summed E-state index contributed by atoms with van der Waals surface area (Å²) < 4.78 is 13.8. The van der Waals surface area contributed by atoms with Crippen LogP contribution < -0.4 is 5.32 Å². The second kappa shape index (κ2) is 6.23. The number of hydrogen-bond donors (Lipinski definition) is 2. The van der Waals surface area contributed by atoms with Gasteiger partial charge in [-0.15, -0.1) is 15.0 Å². The number of aliphatic hydroxyl groups excluding tert-OH is 1. The highest BCUT2D eigenvalue weighted by Crippen LogP contribution is 2.19. The maximum Gasteiger partial charge on any atom is 0.274 e. The molecule has 1 heterocycles. The molecule has 1 aliphatic rings. The predicted molar refractivity (Wildman–Crippen MR) is 77.0 cm³/mol. The van der Waals surface area contributed by atoms with E-state index in [4.69, 9.17) is 0 Å². The Balaban J connectivity index is 1.88. The summed E-state index contributed by atoms with van der Waals surface area (Å²) in [7, 11) is 0. The van der Waals surface area contributed by atoms with Crippen molar-refractivity contribution in [2.45, 2.75) is 38.3 Å². The van der Waals surface area contributed by atoms with Crippen LogP contribution in [0.1, 0.15) is 41.9 Å². The number of halogens is 1. The fourth-order valence-corrected chi connectivity index (χ4v) is 2.67. The van der Waals surface area contributed by atoms with E-state index in [1.54, 1.807) is 12.1 Å². The van der Waals surface area contributed by atoms with Crippen LogP contribution in [0.25, 0.3) is 5.69 Å². The zero-order chi connectivity index (χ0) is 15.5. The molecule has 6 nitrogen and oxygen atoms in total. The van der Waals surface area contributed by atoms with Gasteiger partial charge in [0.2, 0.25) is 0 Å². The minimum absolute atomic E-state index is 0.0395. The lowest BCUT2D eigenvalue weighted by Crippen LogP contribution is -2.33. The summed E-state index contributed by atoms with van der Waals surface area (Å²) in [6.07, 6.45) is 4.09. The van der Waals surface area contributed by atoms with Gasteiger partial charge in [0, 0.05) is 6.04 Å². The first-order valence-electron chi connectivity index (χ1n) is 7.32. The average Bonchev–Trinajstić information content (AvgIpc) is 3.16. The minimum atomic E-state index is -0.496. The number of nitrogens with one attached hydrogen (secondary N) is 1. The molecule has 116 valence electrons. The standard InChI is InChI=1S/C15H17FN4O2/c16-11-7-3-4-8-13(11)20-18-12(9-21)14(19-20)15(22)17-10-5-1-2-6-10/h3-4,7-8,10,21H,1-2,5-6,9H2,(H,17,22). The maximum absolute atomic E-state index is 13.8. The Bertz CT molecular complexity index is 680. The highest BCUT2D eigenvalue weighted by molar-refractivity contribution is 5.93. The number of aliphatic hydroxyl groups is 1. The molecule has 1 amide bonds. The molecule has 2 N–H and O–H groups in total. The van der Waals surface area contributed by atoms with E-state index in [2.05, 4.69) is 15.5 Å². The second-order valence-electron chi connectivity index (χ2n) is 5.35. The number of amides is 1. The summed E-state index contributed by atoms with van der Waals surface area (Å²) in [4.78, 5) is 13.3. The molecule has 1 aromatic carbocycles. The van der Waals surface area contributed by atoms with Gasteiger partial charge in [-0.1, -0.05) is 25.0 Å². The Morgan fingerprint density at radius 2 is 2.05 bits per heavy atom. The van der Waals surface area contributed by atoms with Crippen LogP contribution in [0.5, 0.6) is 0 Å². The van der Waals surface area contributed by atoms with Gasteiger partial charge in [0.1, 0.15) is 11.4 Å². The Hall–Kier alpha value is -2.28. The van der Waals surface area contributed by atoms with Crippen molar-refractivity contribution >= 4 is 5.91 Å². The van der Waals surface area contributed by atoms with Crippen molar-refractivity contribution < 1.29 is 14.3 Å². The molecule has 0 atom stereocenters. The lowest BCUT2D eigenvalue weighted by Gasteiger charge is -2.10. The van der Waals surface area contributed by atoms with Crippen molar-refractivity contribution in [3.05, 3.63) is 41.5 Å². The predicted octanol–water partition coefficient (Wildman–Crippen LogP) is 1.57. The summed E-state index contributed by atoms with van der Waals surface area (Å²) in [5, 5.41) is 20.3. The van der Waals surface area contributed by atoms with E-state index >= 15 is 0 Å². The Morgan fingerprint density at radius 1 is 1.32 bits per heavy atom. The summed E-state index contributed by atoms with van der Waals surface area (Å²) in [5.74, 6) is -0.872. The molecule has 3 rings (SSSR count). The lowest BCUT2D eigenvalue weighted by atomic mass is 10.2. The van der Waals surface area contributed by atoms with E-state index in [-0.39, 0.29) is 29.0 Å². The van der Waals surface area contributed by atoms with Crippen molar-refractivity contribution in [2.75, 3.05) is 0 Å². The molecule has 1 aromatic heterocycles. The van der Waals surface area contributed by atoms with Crippen LogP contribution in [0.15, 0.2) is 24.3 Å². The molecular formula is C15H17FN4O2. The highest BCUT2D eigenvalue weighted by Gasteiger charge is 2.23. The fraction of sp³-hybridized carbons (Fsp3) is 0.400. The van der Waals surface area contributed by atoms with Crippen LogP contribution >= 0.6 is 0 Å². The molecule has 0 spiro atoms. The lowest BCUT2D eigenvalue weighted by molar-refractivity contribution is 0.0929. The largest absolute Gasteiger partial charge is 0.390 e. The highest BCUT2D eigenvalue weighted by atomic mass is 19.1. The molecule has 0 aliphatic heterocycles. The number of rotatable bonds is 4. The SMILES string of the molecule is O=C(NC1CCCC1)c1nn(-c2ccccc2F)nc1CO. The van der Waals surface area contributed by atoms with Gasteiger partial charge < -0.3 is 10.4 Å². The monoisotopic (exact) mass is 304 g/mol. The zero-order valence-electron chi connectivity index (χ0n) is 12.0.